The zero-order chi connectivity index (χ0) is 21.4. The Hall–Kier alpha value is -2.86. The fraction of sp³-hybridized carbons (Fsp3) is 0.318. The summed E-state index contributed by atoms with van der Waals surface area (Å²) >= 11 is 6.02. The molecule has 0 spiro atoms. The van der Waals surface area contributed by atoms with Crippen molar-refractivity contribution < 1.29 is 19.1 Å². The van der Waals surface area contributed by atoms with Gasteiger partial charge in [0, 0.05) is 29.2 Å². The third-order valence-electron chi connectivity index (χ3n) is 4.40. The van der Waals surface area contributed by atoms with E-state index in [-0.39, 0.29) is 25.4 Å². The van der Waals surface area contributed by atoms with Gasteiger partial charge in [0.25, 0.3) is 5.91 Å². The molecule has 0 fully saturated rings. The monoisotopic (exact) mass is 416 g/mol. The van der Waals surface area contributed by atoms with Gasteiger partial charge in [-0.05, 0) is 68.1 Å². The van der Waals surface area contributed by atoms with Gasteiger partial charge in [-0.25, -0.2) is 0 Å². The van der Waals surface area contributed by atoms with Gasteiger partial charge in [-0.15, -0.1) is 0 Å². The maximum Gasteiger partial charge on any atom is 0.306 e. The summed E-state index contributed by atoms with van der Waals surface area (Å²) in [6.07, 6.45) is 0.539. The second-order valence-corrected chi connectivity index (χ2v) is 7.28. The number of anilines is 2. The summed E-state index contributed by atoms with van der Waals surface area (Å²) in [4.78, 5) is 35.6. The molecule has 29 heavy (non-hydrogen) atoms. The summed E-state index contributed by atoms with van der Waals surface area (Å²) in [5.41, 5.74) is 4.38. The second kappa shape index (κ2) is 10.6. The molecule has 2 N–H and O–H groups in total. The molecular weight excluding hydrogens is 392 g/mol. The maximum absolute atomic E-state index is 11.9. The summed E-state index contributed by atoms with van der Waals surface area (Å²) in [5, 5.41) is 5.99. The lowest BCUT2D eigenvalue weighted by Gasteiger charge is -2.09. The van der Waals surface area contributed by atoms with E-state index in [0.717, 1.165) is 16.7 Å². The molecule has 0 bridgehead atoms. The van der Waals surface area contributed by atoms with Gasteiger partial charge >= 0.3 is 5.97 Å². The number of esters is 1. The van der Waals surface area contributed by atoms with Crippen molar-refractivity contribution in [2.45, 2.75) is 40.0 Å². The van der Waals surface area contributed by atoms with E-state index in [2.05, 4.69) is 10.6 Å². The molecule has 0 atom stereocenters. The maximum atomic E-state index is 11.9. The van der Waals surface area contributed by atoms with E-state index in [1.54, 1.807) is 18.2 Å². The largest absolute Gasteiger partial charge is 0.456 e. The normalized spacial score (nSPS) is 10.3. The lowest BCUT2D eigenvalue weighted by molar-refractivity contribution is -0.147. The average molecular weight is 417 g/mol. The highest BCUT2D eigenvalue weighted by Crippen LogP contribution is 2.20. The van der Waals surface area contributed by atoms with E-state index in [1.807, 2.05) is 39.0 Å². The van der Waals surface area contributed by atoms with Gasteiger partial charge in [0.2, 0.25) is 5.91 Å². The zero-order valence-electron chi connectivity index (χ0n) is 16.8. The van der Waals surface area contributed by atoms with Gasteiger partial charge in [0.15, 0.2) is 6.61 Å². The molecule has 0 heterocycles. The Morgan fingerprint density at radius 1 is 0.828 bits per heavy atom. The van der Waals surface area contributed by atoms with Gasteiger partial charge in [-0.2, -0.15) is 0 Å². The molecule has 0 aliphatic carbocycles. The Kier molecular flexibility index (Phi) is 8.21. The first-order valence-electron chi connectivity index (χ1n) is 9.33. The number of halogens is 1. The Bertz CT molecular complexity index is 912. The number of amides is 2. The quantitative estimate of drug-likeness (QED) is 0.618. The fourth-order valence-corrected chi connectivity index (χ4v) is 2.70. The third kappa shape index (κ3) is 7.58. The number of rotatable bonds is 8. The number of hydrogen-bond acceptors (Lipinski definition) is 4. The highest BCUT2D eigenvalue weighted by atomic mass is 35.5. The molecule has 0 saturated heterocycles. The SMILES string of the molecule is Cc1ccc(NC(=O)COC(=O)CCCC(=O)Nc2ccc(C)c(Cl)c2)cc1C. The van der Waals surface area contributed by atoms with Crippen LogP contribution in [0.3, 0.4) is 0 Å². The van der Waals surface area contributed by atoms with Crippen LogP contribution in [-0.4, -0.2) is 24.4 Å². The molecule has 7 heteroatoms. The van der Waals surface area contributed by atoms with Crippen LogP contribution in [0.1, 0.15) is 36.0 Å². The van der Waals surface area contributed by atoms with E-state index >= 15 is 0 Å². The van der Waals surface area contributed by atoms with E-state index in [9.17, 15) is 14.4 Å². The first kappa shape index (κ1) is 22.4. The van der Waals surface area contributed by atoms with Crippen molar-refractivity contribution >= 4 is 40.8 Å². The zero-order valence-corrected chi connectivity index (χ0v) is 17.6. The minimum atomic E-state index is -0.522. The van der Waals surface area contributed by atoms with Crippen molar-refractivity contribution in [2.75, 3.05) is 17.2 Å². The number of carbonyl (C=O) groups excluding carboxylic acids is 3. The summed E-state index contributed by atoms with van der Waals surface area (Å²) in [6, 6.07) is 10.8. The van der Waals surface area contributed by atoms with Crippen molar-refractivity contribution in [3.63, 3.8) is 0 Å². The molecule has 0 unspecified atom stereocenters. The van der Waals surface area contributed by atoms with Gasteiger partial charge < -0.3 is 15.4 Å². The van der Waals surface area contributed by atoms with E-state index in [4.69, 9.17) is 16.3 Å². The summed E-state index contributed by atoms with van der Waals surface area (Å²) < 4.78 is 4.96. The van der Waals surface area contributed by atoms with Crippen LogP contribution in [0.25, 0.3) is 0 Å². The standard InChI is InChI=1S/C22H25ClN2O4/c1-14-7-9-17(11-16(14)3)25-21(27)13-29-22(28)6-4-5-20(26)24-18-10-8-15(2)19(23)12-18/h7-12H,4-6,13H2,1-3H3,(H,24,26)(H,25,27). The molecule has 0 aromatic heterocycles. The van der Waals surface area contributed by atoms with Crippen LogP contribution in [0.4, 0.5) is 11.4 Å². The van der Waals surface area contributed by atoms with Crippen molar-refractivity contribution in [1.29, 1.82) is 0 Å². The molecule has 0 saturated carbocycles. The van der Waals surface area contributed by atoms with Crippen LogP contribution in [0.15, 0.2) is 36.4 Å². The van der Waals surface area contributed by atoms with Crippen LogP contribution in [0, 0.1) is 20.8 Å². The molecular formula is C22H25ClN2O4. The number of carbonyl (C=O) groups is 3. The number of aryl methyl sites for hydroxylation is 3. The number of nitrogens with one attached hydrogen (secondary N) is 2. The van der Waals surface area contributed by atoms with Crippen LogP contribution in [0.2, 0.25) is 5.02 Å². The topological polar surface area (TPSA) is 84.5 Å². The van der Waals surface area contributed by atoms with Crippen LogP contribution in [0.5, 0.6) is 0 Å². The molecule has 2 amide bonds. The average Bonchev–Trinajstić information content (AvgIpc) is 2.66. The lowest BCUT2D eigenvalue weighted by atomic mass is 10.1. The van der Waals surface area contributed by atoms with Crippen molar-refractivity contribution in [3.8, 4) is 0 Å². The molecule has 0 aliphatic rings. The Balaban J connectivity index is 1.65. The van der Waals surface area contributed by atoms with Gasteiger partial charge in [-0.3, -0.25) is 14.4 Å². The summed E-state index contributed by atoms with van der Waals surface area (Å²) in [5.74, 6) is -1.15. The predicted octanol–water partition coefficient (Wildman–Crippen LogP) is 4.56. The second-order valence-electron chi connectivity index (χ2n) is 6.87. The molecule has 2 aromatic rings. The number of benzene rings is 2. The predicted molar refractivity (Wildman–Crippen MR) is 114 cm³/mol. The van der Waals surface area contributed by atoms with Gasteiger partial charge in [-0.1, -0.05) is 23.7 Å². The minimum Gasteiger partial charge on any atom is -0.456 e. The number of hydrogen-bond donors (Lipinski definition) is 2. The Morgan fingerprint density at radius 2 is 1.45 bits per heavy atom. The molecule has 0 radical (unpaired) electrons. The minimum absolute atomic E-state index is 0.0546. The van der Waals surface area contributed by atoms with Crippen LogP contribution >= 0.6 is 11.6 Å². The van der Waals surface area contributed by atoms with E-state index in [1.165, 1.54) is 0 Å². The highest BCUT2D eigenvalue weighted by molar-refractivity contribution is 6.31. The summed E-state index contributed by atoms with van der Waals surface area (Å²) in [6.45, 7) is 5.45. The Labute approximate surface area is 175 Å². The molecule has 2 rings (SSSR count). The first-order chi connectivity index (χ1) is 13.7. The smallest absolute Gasteiger partial charge is 0.306 e. The van der Waals surface area contributed by atoms with Crippen LogP contribution < -0.4 is 10.6 Å². The Morgan fingerprint density at radius 3 is 2.10 bits per heavy atom. The van der Waals surface area contributed by atoms with E-state index in [0.29, 0.717) is 22.8 Å². The van der Waals surface area contributed by atoms with E-state index < -0.39 is 11.9 Å². The fourth-order valence-electron chi connectivity index (χ4n) is 2.52. The van der Waals surface area contributed by atoms with Crippen molar-refractivity contribution in [1.82, 2.24) is 0 Å². The molecule has 0 aliphatic heterocycles. The molecule has 6 nitrogen and oxygen atoms in total. The molecule has 2 aromatic carbocycles. The van der Waals surface area contributed by atoms with Crippen molar-refractivity contribution in [2.24, 2.45) is 0 Å². The first-order valence-corrected chi connectivity index (χ1v) is 9.71. The van der Waals surface area contributed by atoms with Gasteiger partial charge in [0.05, 0.1) is 0 Å². The van der Waals surface area contributed by atoms with Crippen LogP contribution in [-0.2, 0) is 19.1 Å². The molecule has 154 valence electrons. The third-order valence-corrected chi connectivity index (χ3v) is 4.80. The highest BCUT2D eigenvalue weighted by Gasteiger charge is 2.10. The van der Waals surface area contributed by atoms with Crippen molar-refractivity contribution in [3.05, 3.63) is 58.1 Å². The number of ether oxygens (including phenoxy) is 1. The van der Waals surface area contributed by atoms with Gasteiger partial charge in [0.1, 0.15) is 0 Å². The lowest BCUT2D eigenvalue weighted by Crippen LogP contribution is -2.21. The summed E-state index contributed by atoms with van der Waals surface area (Å²) in [7, 11) is 0.